The van der Waals surface area contributed by atoms with Crippen molar-refractivity contribution in [3.05, 3.63) is 17.8 Å². The van der Waals surface area contributed by atoms with Gasteiger partial charge in [0, 0.05) is 6.54 Å². The number of hydrogen-bond acceptors (Lipinski definition) is 4. The standard InChI is InChI=1S/C10H18N4/c1-9-5-6-10(13-12-9)11-7-4-8-14(2)3/h5-6H,4,7-8H2,1-3H3,(H,11,13). The minimum absolute atomic E-state index is 0.856. The molecule has 14 heavy (non-hydrogen) atoms. The van der Waals surface area contributed by atoms with Crippen LogP contribution < -0.4 is 5.32 Å². The van der Waals surface area contributed by atoms with Gasteiger partial charge in [-0.05, 0) is 46.1 Å². The van der Waals surface area contributed by atoms with Crippen LogP contribution in [-0.2, 0) is 0 Å². The Hall–Kier alpha value is -1.16. The zero-order valence-electron chi connectivity index (χ0n) is 9.12. The summed E-state index contributed by atoms with van der Waals surface area (Å²) < 4.78 is 0. The first kappa shape index (κ1) is 10.9. The van der Waals surface area contributed by atoms with Crippen LogP contribution in [0.2, 0.25) is 0 Å². The Morgan fingerprint density at radius 3 is 2.64 bits per heavy atom. The summed E-state index contributed by atoms with van der Waals surface area (Å²) in [4.78, 5) is 2.17. The molecule has 0 radical (unpaired) electrons. The van der Waals surface area contributed by atoms with Crippen LogP contribution in [0.15, 0.2) is 12.1 Å². The van der Waals surface area contributed by atoms with Crippen LogP contribution in [0.3, 0.4) is 0 Å². The molecule has 1 aromatic heterocycles. The lowest BCUT2D eigenvalue weighted by atomic mass is 10.4. The van der Waals surface area contributed by atoms with Gasteiger partial charge in [0.2, 0.25) is 0 Å². The molecule has 78 valence electrons. The molecule has 0 bridgehead atoms. The normalized spacial score (nSPS) is 10.6. The van der Waals surface area contributed by atoms with E-state index in [1.165, 1.54) is 0 Å². The van der Waals surface area contributed by atoms with E-state index in [1.807, 2.05) is 19.1 Å². The van der Waals surface area contributed by atoms with Crippen LogP contribution >= 0.6 is 0 Å². The number of nitrogens with zero attached hydrogens (tertiary/aromatic N) is 3. The van der Waals surface area contributed by atoms with Gasteiger partial charge in [-0.1, -0.05) is 0 Å². The first-order chi connectivity index (χ1) is 6.68. The molecule has 1 N–H and O–H groups in total. The van der Waals surface area contributed by atoms with E-state index in [-0.39, 0.29) is 0 Å². The summed E-state index contributed by atoms with van der Waals surface area (Å²) in [5.41, 5.74) is 0.948. The van der Waals surface area contributed by atoms with E-state index < -0.39 is 0 Å². The molecule has 0 atom stereocenters. The topological polar surface area (TPSA) is 41.0 Å². The fourth-order valence-corrected chi connectivity index (χ4v) is 1.10. The van der Waals surface area contributed by atoms with Gasteiger partial charge < -0.3 is 10.2 Å². The van der Waals surface area contributed by atoms with E-state index in [2.05, 4.69) is 34.5 Å². The van der Waals surface area contributed by atoms with E-state index in [1.54, 1.807) is 0 Å². The zero-order valence-corrected chi connectivity index (χ0v) is 9.12. The van der Waals surface area contributed by atoms with Crippen LogP contribution in [0.25, 0.3) is 0 Å². The molecule has 4 heteroatoms. The van der Waals surface area contributed by atoms with Crippen LogP contribution in [0.1, 0.15) is 12.1 Å². The molecule has 0 aliphatic heterocycles. The lowest BCUT2D eigenvalue weighted by molar-refractivity contribution is 0.405. The molecule has 0 saturated carbocycles. The highest BCUT2D eigenvalue weighted by atomic mass is 15.2. The maximum atomic E-state index is 4.02. The molecular weight excluding hydrogens is 176 g/mol. The Kier molecular flexibility index (Phi) is 4.32. The van der Waals surface area contributed by atoms with Crippen LogP contribution in [0.5, 0.6) is 0 Å². The first-order valence-corrected chi connectivity index (χ1v) is 4.87. The Bertz CT molecular complexity index is 255. The van der Waals surface area contributed by atoms with Crippen molar-refractivity contribution in [3.8, 4) is 0 Å². The number of rotatable bonds is 5. The maximum Gasteiger partial charge on any atom is 0.148 e. The van der Waals surface area contributed by atoms with Gasteiger partial charge in [0.15, 0.2) is 0 Å². The highest BCUT2D eigenvalue weighted by Crippen LogP contribution is 2.00. The zero-order chi connectivity index (χ0) is 10.4. The predicted molar refractivity (Wildman–Crippen MR) is 58.4 cm³/mol. The van der Waals surface area contributed by atoms with Gasteiger partial charge in [-0.25, -0.2) is 0 Å². The van der Waals surface area contributed by atoms with Gasteiger partial charge in [-0.15, -0.1) is 5.10 Å². The monoisotopic (exact) mass is 194 g/mol. The van der Waals surface area contributed by atoms with Gasteiger partial charge in [0.25, 0.3) is 0 Å². The van der Waals surface area contributed by atoms with Crippen LogP contribution in [0, 0.1) is 6.92 Å². The molecule has 0 aliphatic carbocycles. The third-order valence-electron chi connectivity index (χ3n) is 1.89. The second-order valence-corrected chi connectivity index (χ2v) is 3.64. The van der Waals surface area contributed by atoms with E-state index in [9.17, 15) is 0 Å². The van der Waals surface area contributed by atoms with E-state index >= 15 is 0 Å². The lowest BCUT2D eigenvalue weighted by Crippen LogP contribution is -2.16. The molecule has 0 aliphatic rings. The average molecular weight is 194 g/mol. The Balaban J connectivity index is 2.21. The summed E-state index contributed by atoms with van der Waals surface area (Å²) in [5.74, 6) is 0.856. The largest absolute Gasteiger partial charge is 0.369 e. The van der Waals surface area contributed by atoms with E-state index in [4.69, 9.17) is 0 Å². The van der Waals surface area contributed by atoms with Crippen molar-refractivity contribution in [1.29, 1.82) is 0 Å². The summed E-state index contributed by atoms with van der Waals surface area (Å²) >= 11 is 0. The molecule has 1 aromatic rings. The summed E-state index contributed by atoms with van der Waals surface area (Å²) in [5, 5.41) is 11.2. The van der Waals surface area contributed by atoms with E-state index in [0.29, 0.717) is 0 Å². The Morgan fingerprint density at radius 2 is 2.07 bits per heavy atom. The molecule has 1 rings (SSSR count). The molecule has 0 unspecified atom stereocenters. The van der Waals surface area contributed by atoms with Crippen molar-refractivity contribution in [3.63, 3.8) is 0 Å². The number of nitrogens with one attached hydrogen (secondary N) is 1. The second kappa shape index (κ2) is 5.54. The van der Waals surface area contributed by atoms with Crippen molar-refractivity contribution in [2.75, 3.05) is 32.5 Å². The number of aromatic nitrogens is 2. The second-order valence-electron chi connectivity index (χ2n) is 3.64. The van der Waals surface area contributed by atoms with Crippen molar-refractivity contribution in [1.82, 2.24) is 15.1 Å². The van der Waals surface area contributed by atoms with Crippen molar-refractivity contribution in [2.45, 2.75) is 13.3 Å². The van der Waals surface area contributed by atoms with Crippen molar-refractivity contribution in [2.24, 2.45) is 0 Å². The Labute approximate surface area is 85.3 Å². The molecule has 0 spiro atoms. The molecule has 0 aromatic carbocycles. The van der Waals surface area contributed by atoms with Gasteiger partial charge in [-0.3, -0.25) is 0 Å². The average Bonchev–Trinajstić information content (AvgIpc) is 2.15. The van der Waals surface area contributed by atoms with Crippen molar-refractivity contribution >= 4 is 5.82 Å². The Morgan fingerprint density at radius 1 is 1.29 bits per heavy atom. The fourth-order valence-electron chi connectivity index (χ4n) is 1.10. The van der Waals surface area contributed by atoms with Gasteiger partial charge in [-0.2, -0.15) is 5.10 Å². The summed E-state index contributed by atoms with van der Waals surface area (Å²) in [6.07, 6.45) is 1.11. The van der Waals surface area contributed by atoms with E-state index in [0.717, 1.165) is 31.0 Å². The summed E-state index contributed by atoms with van der Waals surface area (Å²) in [7, 11) is 4.15. The summed E-state index contributed by atoms with van der Waals surface area (Å²) in [6, 6.07) is 3.92. The number of hydrogen-bond donors (Lipinski definition) is 1. The molecule has 0 fully saturated rings. The van der Waals surface area contributed by atoms with Gasteiger partial charge in [0.1, 0.15) is 5.82 Å². The maximum absolute atomic E-state index is 4.02. The van der Waals surface area contributed by atoms with Crippen LogP contribution in [0.4, 0.5) is 5.82 Å². The minimum atomic E-state index is 0.856. The third-order valence-corrected chi connectivity index (χ3v) is 1.89. The third kappa shape index (κ3) is 4.18. The smallest absolute Gasteiger partial charge is 0.148 e. The molecule has 1 heterocycles. The molecule has 0 amide bonds. The molecule has 4 nitrogen and oxygen atoms in total. The SMILES string of the molecule is Cc1ccc(NCCCN(C)C)nn1. The molecular formula is C10H18N4. The fraction of sp³-hybridized carbons (Fsp3) is 0.600. The van der Waals surface area contributed by atoms with Crippen LogP contribution in [-0.4, -0.2) is 42.3 Å². The highest BCUT2D eigenvalue weighted by Gasteiger charge is 1.94. The minimum Gasteiger partial charge on any atom is -0.369 e. The highest BCUT2D eigenvalue weighted by molar-refractivity contribution is 5.32. The quantitative estimate of drug-likeness (QED) is 0.714. The number of aryl methyl sites for hydroxylation is 1. The number of anilines is 1. The summed E-state index contributed by atoms with van der Waals surface area (Å²) in [6.45, 7) is 3.96. The first-order valence-electron chi connectivity index (χ1n) is 4.87. The van der Waals surface area contributed by atoms with Gasteiger partial charge >= 0.3 is 0 Å². The van der Waals surface area contributed by atoms with Gasteiger partial charge in [0.05, 0.1) is 5.69 Å². The lowest BCUT2D eigenvalue weighted by Gasteiger charge is -2.09. The predicted octanol–water partition coefficient (Wildman–Crippen LogP) is 1.15. The molecule has 0 saturated heterocycles. The van der Waals surface area contributed by atoms with Crippen molar-refractivity contribution < 1.29 is 0 Å².